The summed E-state index contributed by atoms with van der Waals surface area (Å²) < 4.78 is 18.1. The normalized spacial score (nSPS) is 10.6. The number of aryl methyl sites for hydroxylation is 1. The predicted molar refractivity (Wildman–Crippen MR) is 127 cm³/mol. The van der Waals surface area contributed by atoms with Gasteiger partial charge in [-0.15, -0.1) is 0 Å². The first-order chi connectivity index (χ1) is 15.2. The van der Waals surface area contributed by atoms with Crippen LogP contribution >= 0.6 is 0 Å². The molecule has 0 aliphatic carbocycles. The van der Waals surface area contributed by atoms with Gasteiger partial charge in [-0.05, 0) is 23.6 Å². The fraction of sp³-hybridized carbons (Fsp3) is 0.143. The van der Waals surface area contributed by atoms with E-state index < -0.39 is 0 Å². The van der Waals surface area contributed by atoms with Gasteiger partial charge in [-0.3, -0.25) is 0 Å². The summed E-state index contributed by atoms with van der Waals surface area (Å²) in [4.78, 5) is 0. The van der Waals surface area contributed by atoms with Crippen LogP contribution in [0, 0.1) is 6.92 Å². The van der Waals surface area contributed by atoms with E-state index in [-0.39, 0.29) is 0 Å². The third-order valence-electron chi connectivity index (χ3n) is 5.41. The van der Waals surface area contributed by atoms with Crippen molar-refractivity contribution in [2.45, 2.75) is 6.92 Å². The predicted octanol–water partition coefficient (Wildman–Crippen LogP) is 7.02. The van der Waals surface area contributed by atoms with Crippen molar-refractivity contribution < 1.29 is 14.2 Å². The summed E-state index contributed by atoms with van der Waals surface area (Å²) in [5.41, 5.74) is 6.95. The first kappa shape index (κ1) is 20.5. The smallest absolute Gasteiger partial charge is 0.142 e. The maximum Gasteiger partial charge on any atom is 0.142 e. The summed E-state index contributed by atoms with van der Waals surface area (Å²) >= 11 is 0. The highest BCUT2D eigenvalue weighted by Crippen LogP contribution is 2.56. The zero-order valence-corrected chi connectivity index (χ0v) is 18.3. The third kappa shape index (κ3) is 3.75. The van der Waals surface area contributed by atoms with E-state index in [1.165, 1.54) is 5.56 Å². The van der Waals surface area contributed by atoms with Crippen LogP contribution in [0.25, 0.3) is 33.4 Å². The molecule has 0 amide bonds. The molecule has 4 aromatic rings. The van der Waals surface area contributed by atoms with Crippen LogP contribution in [0.4, 0.5) is 0 Å². The van der Waals surface area contributed by atoms with Crippen molar-refractivity contribution >= 4 is 0 Å². The first-order valence-corrected chi connectivity index (χ1v) is 10.2. The molecule has 0 fully saturated rings. The van der Waals surface area contributed by atoms with Crippen LogP contribution in [0.15, 0.2) is 84.9 Å². The van der Waals surface area contributed by atoms with Crippen LogP contribution in [0.5, 0.6) is 17.2 Å². The lowest BCUT2D eigenvalue weighted by Gasteiger charge is -2.25. The van der Waals surface area contributed by atoms with Gasteiger partial charge in [-0.2, -0.15) is 0 Å². The molecule has 3 heteroatoms. The summed E-state index contributed by atoms with van der Waals surface area (Å²) in [6, 6.07) is 28.8. The molecule has 0 N–H and O–H groups in total. The van der Waals surface area contributed by atoms with Crippen molar-refractivity contribution in [1.82, 2.24) is 0 Å². The van der Waals surface area contributed by atoms with Crippen LogP contribution in [-0.4, -0.2) is 21.3 Å². The largest absolute Gasteiger partial charge is 0.495 e. The Morgan fingerprint density at radius 3 is 1.23 bits per heavy atom. The lowest BCUT2D eigenvalue weighted by Crippen LogP contribution is -2.02. The van der Waals surface area contributed by atoms with Crippen molar-refractivity contribution in [1.29, 1.82) is 0 Å². The summed E-state index contributed by atoms with van der Waals surface area (Å²) in [7, 11) is 5.09. The molecule has 0 aliphatic rings. The molecule has 3 nitrogen and oxygen atoms in total. The van der Waals surface area contributed by atoms with Gasteiger partial charge in [0.2, 0.25) is 0 Å². The molecule has 0 heterocycles. The van der Waals surface area contributed by atoms with Gasteiger partial charge in [0.15, 0.2) is 0 Å². The van der Waals surface area contributed by atoms with Crippen LogP contribution in [0.2, 0.25) is 0 Å². The van der Waals surface area contributed by atoms with E-state index in [4.69, 9.17) is 14.2 Å². The Labute approximate surface area is 183 Å². The summed E-state index contributed by atoms with van der Waals surface area (Å²) in [6.45, 7) is 2.09. The monoisotopic (exact) mass is 410 g/mol. The second-order valence-electron chi connectivity index (χ2n) is 7.33. The van der Waals surface area contributed by atoms with Gasteiger partial charge < -0.3 is 14.2 Å². The highest BCUT2D eigenvalue weighted by Gasteiger charge is 2.29. The molecule has 0 radical (unpaired) electrons. The van der Waals surface area contributed by atoms with Gasteiger partial charge in [0.05, 0.1) is 38.0 Å². The van der Waals surface area contributed by atoms with E-state index in [0.717, 1.165) is 50.6 Å². The molecule has 31 heavy (non-hydrogen) atoms. The van der Waals surface area contributed by atoms with Crippen molar-refractivity contribution in [3.05, 3.63) is 90.5 Å². The van der Waals surface area contributed by atoms with E-state index in [0.29, 0.717) is 0 Å². The Hall–Kier alpha value is -3.72. The first-order valence-electron chi connectivity index (χ1n) is 10.2. The van der Waals surface area contributed by atoms with Crippen LogP contribution in [-0.2, 0) is 0 Å². The summed E-state index contributed by atoms with van der Waals surface area (Å²) in [6.07, 6.45) is 0. The summed E-state index contributed by atoms with van der Waals surface area (Å²) in [5.74, 6) is 2.18. The van der Waals surface area contributed by atoms with Crippen LogP contribution in [0.1, 0.15) is 5.56 Å². The molecule has 156 valence electrons. The van der Waals surface area contributed by atoms with Gasteiger partial charge in [0, 0.05) is 0 Å². The number of ether oxygens (including phenoxy) is 3. The zero-order chi connectivity index (χ0) is 21.8. The van der Waals surface area contributed by atoms with Crippen molar-refractivity contribution in [2.24, 2.45) is 0 Å². The van der Waals surface area contributed by atoms with Gasteiger partial charge in [-0.1, -0.05) is 90.5 Å². The quantitative estimate of drug-likeness (QED) is 0.342. The average molecular weight is 411 g/mol. The zero-order valence-electron chi connectivity index (χ0n) is 18.3. The third-order valence-corrected chi connectivity index (χ3v) is 5.41. The Balaban J connectivity index is 2.21. The number of methoxy groups -OCH3 is 3. The van der Waals surface area contributed by atoms with E-state index in [1.54, 1.807) is 21.3 Å². The van der Waals surface area contributed by atoms with Crippen molar-refractivity contribution in [3.8, 4) is 50.6 Å². The molecule has 0 bridgehead atoms. The molecule has 0 saturated carbocycles. The lowest BCUT2D eigenvalue weighted by atomic mass is 9.89. The number of benzene rings is 4. The lowest BCUT2D eigenvalue weighted by molar-refractivity contribution is 0.382. The topological polar surface area (TPSA) is 27.7 Å². The van der Waals surface area contributed by atoms with E-state index in [2.05, 4.69) is 55.5 Å². The van der Waals surface area contributed by atoms with Crippen molar-refractivity contribution in [3.63, 3.8) is 0 Å². The van der Waals surface area contributed by atoms with Gasteiger partial charge in [-0.25, -0.2) is 0 Å². The van der Waals surface area contributed by atoms with Crippen LogP contribution in [0.3, 0.4) is 0 Å². The molecular weight excluding hydrogens is 384 g/mol. The molecule has 0 spiro atoms. The van der Waals surface area contributed by atoms with Gasteiger partial charge in [0.25, 0.3) is 0 Å². The van der Waals surface area contributed by atoms with Crippen LogP contribution < -0.4 is 14.2 Å². The Morgan fingerprint density at radius 2 is 0.839 bits per heavy atom. The minimum atomic E-state index is 0.725. The van der Waals surface area contributed by atoms with Gasteiger partial charge >= 0.3 is 0 Å². The molecule has 4 rings (SSSR count). The fourth-order valence-corrected chi connectivity index (χ4v) is 4.09. The van der Waals surface area contributed by atoms with Gasteiger partial charge in [0.1, 0.15) is 17.2 Å². The molecule has 4 aromatic carbocycles. The molecule has 0 aliphatic heterocycles. The molecule has 0 atom stereocenters. The Morgan fingerprint density at radius 1 is 0.452 bits per heavy atom. The van der Waals surface area contributed by atoms with E-state index in [9.17, 15) is 0 Å². The second-order valence-corrected chi connectivity index (χ2v) is 7.33. The maximum absolute atomic E-state index is 6.04. The standard InChI is InChI=1S/C28H26O3/c1-19-12-11-17-22(18-19)25-27(30-3)23(20-13-7-5-8-14-20)26(29-2)24(28(25)31-4)21-15-9-6-10-16-21/h5-18H,1-4H3. The Kier molecular flexibility index (Phi) is 5.94. The number of hydrogen-bond donors (Lipinski definition) is 0. The molecular formula is C28H26O3. The number of hydrogen-bond acceptors (Lipinski definition) is 3. The maximum atomic E-state index is 6.04. The van der Waals surface area contributed by atoms with E-state index in [1.807, 2.05) is 36.4 Å². The minimum absolute atomic E-state index is 0.725. The highest BCUT2D eigenvalue weighted by molar-refractivity contribution is 5.99. The SMILES string of the molecule is COc1c(-c2ccccc2)c(OC)c(-c2cccc(C)c2)c(OC)c1-c1ccccc1. The highest BCUT2D eigenvalue weighted by atomic mass is 16.5. The Bertz CT molecular complexity index is 1110. The van der Waals surface area contributed by atoms with Crippen molar-refractivity contribution in [2.75, 3.05) is 21.3 Å². The van der Waals surface area contributed by atoms with E-state index >= 15 is 0 Å². The second kappa shape index (κ2) is 8.97. The average Bonchev–Trinajstić information content (AvgIpc) is 2.83. The molecule has 0 aromatic heterocycles. The molecule has 0 unspecified atom stereocenters. The molecule has 0 saturated heterocycles. The minimum Gasteiger partial charge on any atom is -0.495 e. The summed E-state index contributed by atoms with van der Waals surface area (Å²) in [5, 5.41) is 0. The fourth-order valence-electron chi connectivity index (χ4n) is 4.09. The number of rotatable bonds is 6.